The molecule has 3 N–H and O–H groups in total. The van der Waals surface area contributed by atoms with Gasteiger partial charge in [-0.05, 0) is 0 Å². The molecular formula is C7H11NO4. The topological polar surface area (TPSA) is 97.5 Å². The van der Waals surface area contributed by atoms with Gasteiger partial charge >= 0.3 is 5.97 Å². The van der Waals surface area contributed by atoms with Crippen molar-refractivity contribution in [2.75, 3.05) is 0 Å². The molecule has 0 saturated heterocycles. The first-order chi connectivity index (χ1) is 5.49. The van der Waals surface area contributed by atoms with Crippen LogP contribution in [0.1, 0.15) is 19.8 Å². The largest absolute Gasteiger partial charge is 0.480 e. The zero-order valence-electron chi connectivity index (χ0n) is 6.74. The molecule has 0 aliphatic rings. The third kappa shape index (κ3) is 1.88. The number of carbonyl (C=O) groups excluding carboxylic acids is 2. The lowest BCUT2D eigenvalue weighted by Crippen LogP contribution is -2.55. The molecular weight excluding hydrogens is 162 g/mol. The number of carbonyl (C=O) groups is 3. The SMILES string of the molecule is CCC(=O)C(N)(CC=O)C(=O)O. The van der Waals surface area contributed by atoms with Crippen LogP contribution < -0.4 is 5.73 Å². The summed E-state index contributed by atoms with van der Waals surface area (Å²) in [5, 5.41) is 8.56. The second-order valence-corrected chi connectivity index (χ2v) is 2.42. The molecule has 0 amide bonds. The molecule has 0 bridgehead atoms. The van der Waals surface area contributed by atoms with Gasteiger partial charge in [0.1, 0.15) is 6.29 Å². The summed E-state index contributed by atoms with van der Waals surface area (Å²) >= 11 is 0. The number of hydrogen-bond donors (Lipinski definition) is 2. The highest BCUT2D eigenvalue weighted by Gasteiger charge is 2.40. The van der Waals surface area contributed by atoms with E-state index in [2.05, 4.69) is 0 Å². The maximum absolute atomic E-state index is 11.0. The summed E-state index contributed by atoms with van der Waals surface area (Å²) in [5.74, 6) is -2.09. The van der Waals surface area contributed by atoms with E-state index in [1.54, 1.807) is 0 Å². The van der Waals surface area contributed by atoms with E-state index >= 15 is 0 Å². The molecule has 5 heteroatoms. The van der Waals surface area contributed by atoms with Gasteiger partial charge in [-0.25, -0.2) is 4.79 Å². The van der Waals surface area contributed by atoms with Crippen LogP contribution in [0.3, 0.4) is 0 Å². The van der Waals surface area contributed by atoms with Crippen LogP contribution in [0.25, 0.3) is 0 Å². The summed E-state index contributed by atoms with van der Waals surface area (Å²) in [6, 6.07) is 0. The minimum atomic E-state index is -2.03. The maximum atomic E-state index is 11.0. The van der Waals surface area contributed by atoms with Crippen molar-refractivity contribution >= 4 is 18.0 Å². The fourth-order valence-corrected chi connectivity index (χ4v) is 0.767. The first-order valence-corrected chi connectivity index (χ1v) is 3.48. The van der Waals surface area contributed by atoms with Gasteiger partial charge in [0.05, 0.1) is 0 Å². The minimum Gasteiger partial charge on any atom is -0.480 e. The number of aliphatic carboxylic acids is 1. The Kier molecular flexibility index (Phi) is 3.56. The average molecular weight is 173 g/mol. The molecule has 0 aromatic rings. The molecule has 68 valence electrons. The standard InChI is InChI=1S/C7H11NO4/c1-2-5(10)7(8,3-4-9)6(11)12/h4H,2-3,8H2,1H3,(H,11,12). The van der Waals surface area contributed by atoms with Crippen LogP contribution in [0.5, 0.6) is 0 Å². The second kappa shape index (κ2) is 3.96. The third-order valence-corrected chi connectivity index (χ3v) is 1.61. The third-order valence-electron chi connectivity index (χ3n) is 1.61. The number of hydrogen-bond acceptors (Lipinski definition) is 4. The van der Waals surface area contributed by atoms with Crippen LogP contribution in [0.4, 0.5) is 0 Å². The summed E-state index contributed by atoms with van der Waals surface area (Å²) in [6.45, 7) is 1.50. The number of rotatable bonds is 5. The number of aldehydes is 1. The van der Waals surface area contributed by atoms with Crippen molar-refractivity contribution in [2.24, 2.45) is 5.73 Å². The normalized spacial score (nSPS) is 14.8. The molecule has 0 radical (unpaired) electrons. The first-order valence-electron chi connectivity index (χ1n) is 3.48. The molecule has 1 unspecified atom stereocenters. The Balaban J connectivity index is 4.72. The lowest BCUT2D eigenvalue weighted by atomic mass is 9.90. The zero-order valence-corrected chi connectivity index (χ0v) is 6.74. The highest BCUT2D eigenvalue weighted by atomic mass is 16.4. The van der Waals surface area contributed by atoms with Crippen LogP contribution in [0.15, 0.2) is 0 Å². The molecule has 0 aromatic carbocycles. The number of ketones is 1. The van der Waals surface area contributed by atoms with E-state index in [4.69, 9.17) is 10.8 Å². The Morgan fingerprint density at radius 1 is 1.58 bits per heavy atom. The molecule has 0 aliphatic heterocycles. The van der Waals surface area contributed by atoms with Crippen molar-refractivity contribution in [3.63, 3.8) is 0 Å². The van der Waals surface area contributed by atoms with E-state index in [1.165, 1.54) is 6.92 Å². The van der Waals surface area contributed by atoms with Gasteiger partial charge in [0, 0.05) is 12.8 Å². The van der Waals surface area contributed by atoms with Crippen molar-refractivity contribution < 1.29 is 19.5 Å². The molecule has 0 saturated carbocycles. The molecule has 0 rings (SSSR count). The van der Waals surface area contributed by atoms with E-state index in [0.717, 1.165) is 0 Å². The monoisotopic (exact) mass is 173 g/mol. The molecule has 0 aromatic heterocycles. The fraction of sp³-hybridized carbons (Fsp3) is 0.571. The van der Waals surface area contributed by atoms with Gasteiger partial charge in [-0.2, -0.15) is 0 Å². The van der Waals surface area contributed by atoms with Gasteiger partial charge in [-0.1, -0.05) is 6.92 Å². The quantitative estimate of drug-likeness (QED) is 0.424. The second-order valence-electron chi connectivity index (χ2n) is 2.42. The Bertz CT molecular complexity index is 213. The molecule has 1 atom stereocenters. The Labute approximate surface area is 69.5 Å². The molecule has 5 nitrogen and oxygen atoms in total. The Hall–Kier alpha value is -1.23. The summed E-state index contributed by atoms with van der Waals surface area (Å²) in [6.07, 6.45) is -0.132. The molecule has 0 fully saturated rings. The van der Waals surface area contributed by atoms with Crippen molar-refractivity contribution in [3.8, 4) is 0 Å². The number of Topliss-reactive ketones (excluding diaryl/α,β-unsaturated/α-hetero) is 1. The number of carboxylic acid groups (broad SMARTS) is 1. The molecule has 0 aliphatic carbocycles. The van der Waals surface area contributed by atoms with Crippen LogP contribution >= 0.6 is 0 Å². The predicted octanol–water partition coefficient (Wildman–Crippen LogP) is -0.663. The first kappa shape index (κ1) is 10.8. The van der Waals surface area contributed by atoms with Crippen molar-refractivity contribution in [1.82, 2.24) is 0 Å². The van der Waals surface area contributed by atoms with Gasteiger partial charge in [0.2, 0.25) is 0 Å². The van der Waals surface area contributed by atoms with Crippen LogP contribution in [0.2, 0.25) is 0 Å². The van der Waals surface area contributed by atoms with Gasteiger partial charge in [0.25, 0.3) is 0 Å². The van der Waals surface area contributed by atoms with E-state index in [9.17, 15) is 14.4 Å². The van der Waals surface area contributed by atoms with Crippen LogP contribution in [-0.4, -0.2) is 28.7 Å². The lowest BCUT2D eigenvalue weighted by Gasteiger charge is -2.19. The van der Waals surface area contributed by atoms with E-state index in [1.807, 2.05) is 0 Å². The fourth-order valence-electron chi connectivity index (χ4n) is 0.767. The van der Waals surface area contributed by atoms with Crippen LogP contribution in [0, 0.1) is 0 Å². The summed E-state index contributed by atoms with van der Waals surface area (Å²) < 4.78 is 0. The molecule has 12 heavy (non-hydrogen) atoms. The summed E-state index contributed by atoms with van der Waals surface area (Å²) in [5.41, 5.74) is 3.19. The predicted molar refractivity (Wildman–Crippen MR) is 40.5 cm³/mol. The zero-order chi connectivity index (χ0) is 9.78. The van der Waals surface area contributed by atoms with E-state index in [-0.39, 0.29) is 6.42 Å². The van der Waals surface area contributed by atoms with Gasteiger partial charge in [-0.3, -0.25) is 4.79 Å². The minimum absolute atomic E-state index is 0.0106. The van der Waals surface area contributed by atoms with Crippen LogP contribution in [-0.2, 0) is 14.4 Å². The lowest BCUT2D eigenvalue weighted by molar-refractivity contribution is -0.149. The number of nitrogens with two attached hydrogens (primary N) is 1. The highest BCUT2D eigenvalue weighted by molar-refractivity contribution is 6.08. The van der Waals surface area contributed by atoms with E-state index < -0.39 is 23.7 Å². The van der Waals surface area contributed by atoms with Gasteiger partial charge < -0.3 is 15.6 Å². The van der Waals surface area contributed by atoms with Gasteiger partial charge in [-0.15, -0.1) is 0 Å². The maximum Gasteiger partial charge on any atom is 0.331 e. The highest BCUT2D eigenvalue weighted by Crippen LogP contribution is 2.09. The molecule has 0 heterocycles. The Morgan fingerprint density at radius 3 is 2.33 bits per heavy atom. The average Bonchev–Trinajstić information content (AvgIpc) is 2.03. The number of carboxylic acids is 1. The summed E-state index contributed by atoms with van der Waals surface area (Å²) in [4.78, 5) is 31.6. The van der Waals surface area contributed by atoms with E-state index in [0.29, 0.717) is 6.29 Å². The van der Waals surface area contributed by atoms with Crippen molar-refractivity contribution in [1.29, 1.82) is 0 Å². The van der Waals surface area contributed by atoms with Crippen molar-refractivity contribution in [2.45, 2.75) is 25.3 Å². The summed E-state index contributed by atoms with van der Waals surface area (Å²) in [7, 11) is 0. The molecule has 0 spiro atoms. The smallest absolute Gasteiger partial charge is 0.331 e. The van der Waals surface area contributed by atoms with Gasteiger partial charge in [0.15, 0.2) is 11.3 Å². The van der Waals surface area contributed by atoms with Crippen molar-refractivity contribution in [3.05, 3.63) is 0 Å². The Morgan fingerprint density at radius 2 is 2.08 bits per heavy atom.